The molecule has 1 unspecified atom stereocenters. The van der Waals surface area contributed by atoms with Crippen LogP contribution in [0, 0.1) is 5.92 Å². The smallest absolute Gasteiger partial charge is 0.227 e. The van der Waals surface area contributed by atoms with E-state index in [2.05, 4.69) is 5.32 Å². The van der Waals surface area contributed by atoms with E-state index in [0.717, 1.165) is 12.8 Å². The first-order valence-electron chi connectivity index (χ1n) is 8.60. The Hall–Kier alpha value is -1.26. The summed E-state index contributed by atoms with van der Waals surface area (Å²) in [5.41, 5.74) is 0.694. The van der Waals surface area contributed by atoms with E-state index in [1.54, 1.807) is 23.1 Å². The summed E-state index contributed by atoms with van der Waals surface area (Å²) in [6.07, 6.45) is 7.18. The summed E-state index contributed by atoms with van der Waals surface area (Å²) in [5.74, 6) is -0.345. The van der Waals surface area contributed by atoms with Gasteiger partial charge in [0.2, 0.25) is 11.8 Å². The summed E-state index contributed by atoms with van der Waals surface area (Å²) in [7, 11) is 0. The number of hydrogen-bond donors (Lipinski definition) is 1. The highest BCUT2D eigenvalue weighted by atomic mass is 35.5. The van der Waals surface area contributed by atoms with E-state index in [1.807, 2.05) is 0 Å². The summed E-state index contributed by atoms with van der Waals surface area (Å²) in [4.78, 5) is 26.5. The van der Waals surface area contributed by atoms with E-state index >= 15 is 0 Å². The van der Waals surface area contributed by atoms with Crippen LogP contribution >= 0.6 is 23.2 Å². The molecule has 0 aromatic heterocycles. The van der Waals surface area contributed by atoms with Gasteiger partial charge in [-0.2, -0.15) is 0 Å². The van der Waals surface area contributed by atoms with Crippen LogP contribution in [0.2, 0.25) is 10.0 Å². The van der Waals surface area contributed by atoms with Gasteiger partial charge in [0.05, 0.1) is 16.0 Å². The first kappa shape index (κ1) is 17.6. The van der Waals surface area contributed by atoms with Gasteiger partial charge in [-0.3, -0.25) is 9.59 Å². The molecule has 1 saturated carbocycles. The molecular weight excluding hydrogens is 347 g/mol. The second-order valence-electron chi connectivity index (χ2n) is 6.70. The van der Waals surface area contributed by atoms with E-state index < -0.39 is 0 Å². The number of carbonyl (C=O) groups excluding carboxylic acids is 2. The zero-order valence-corrected chi connectivity index (χ0v) is 15.1. The van der Waals surface area contributed by atoms with Gasteiger partial charge in [-0.1, -0.05) is 48.9 Å². The fourth-order valence-electron chi connectivity index (χ4n) is 3.53. The Kier molecular flexibility index (Phi) is 5.67. The van der Waals surface area contributed by atoms with E-state index in [0.29, 0.717) is 22.3 Å². The van der Waals surface area contributed by atoms with E-state index in [1.165, 1.54) is 25.7 Å². The van der Waals surface area contributed by atoms with Crippen molar-refractivity contribution >= 4 is 40.7 Å². The van der Waals surface area contributed by atoms with Crippen LogP contribution in [0.3, 0.4) is 0 Å². The Morgan fingerprint density at radius 3 is 2.46 bits per heavy atom. The number of amides is 2. The number of carbonyl (C=O) groups is 2. The highest BCUT2D eigenvalue weighted by molar-refractivity contribution is 6.42. The molecule has 1 heterocycles. The average molecular weight is 369 g/mol. The van der Waals surface area contributed by atoms with Gasteiger partial charge in [0.15, 0.2) is 0 Å². The number of nitrogens with zero attached hydrogens (tertiary/aromatic N) is 1. The van der Waals surface area contributed by atoms with Crippen molar-refractivity contribution in [1.82, 2.24) is 5.32 Å². The van der Waals surface area contributed by atoms with Gasteiger partial charge >= 0.3 is 0 Å². The zero-order valence-electron chi connectivity index (χ0n) is 13.6. The van der Waals surface area contributed by atoms with Crippen LogP contribution in [-0.4, -0.2) is 24.4 Å². The first-order valence-corrected chi connectivity index (χ1v) is 9.36. The van der Waals surface area contributed by atoms with Crippen molar-refractivity contribution in [2.45, 2.75) is 51.0 Å². The third-order valence-electron chi connectivity index (χ3n) is 4.91. The van der Waals surface area contributed by atoms with Crippen LogP contribution in [0.25, 0.3) is 0 Å². The monoisotopic (exact) mass is 368 g/mol. The van der Waals surface area contributed by atoms with Crippen LogP contribution < -0.4 is 10.2 Å². The number of halogens is 2. The molecule has 1 atom stereocenters. The third-order valence-corrected chi connectivity index (χ3v) is 5.65. The Bertz CT molecular complexity index is 627. The fourth-order valence-corrected chi connectivity index (χ4v) is 3.82. The van der Waals surface area contributed by atoms with Crippen molar-refractivity contribution in [3.05, 3.63) is 28.2 Å². The number of benzene rings is 1. The molecule has 24 heavy (non-hydrogen) atoms. The second-order valence-corrected chi connectivity index (χ2v) is 7.52. The molecule has 0 radical (unpaired) electrons. The molecule has 1 aromatic carbocycles. The number of hydrogen-bond acceptors (Lipinski definition) is 2. The first-order chi connectivity index (χ1) is 11.5. The molecule has 1 saturated heterocycles. The Labute approximate surface area is 152 Å². The molecule has 1 aromatic rings. The maximum Gasteiger partial charge on any atom is 0.227 e. The minimum Gasteiger partial charge on any atom is -0.353 e. The molecule has 0 bridgehead atoms. The normalized spacial score (nSPS) is 22.5. The molecule has 4 nitrogen and oxygen atoms in total. The van der Waals surface area contributed by atoms with Crippen LogP contribution in [0.1, 0.15) is 44.9 Å². The topological polar surface area (TPSA) is 49.4 Å². The standard InChI is InChI=1S/C18H22Cl2N2O2/c19-15-8-7-14(10-16(15)20)22-11-12(9-17(22)23)18(24)21-13-5-3-1-2-4-6-13/h7-8,10,12-13H,1-6,9,11H2,(H,21,24). The summed E-state index contributed by atoms with van der Waals surface area (Å²) in [6, 6.07) is 5.37. The molecule has 2 amide bonds. The molecule has 2 fully saturated rings. The highest BCUT2D eigenvalue weighted by Gasteiger charge is 2.36. The SMILES string of the molecule is O=C(NC1CCCCCC1)C1CC(=O)N(c2ccc(Cl)c(Cl)c2)C1. The maximum atomic E-state index is 12.5. The molecule has 3 rings (SSSR count). The molecule has 130 valence electrons. The van der Waals surface area contributed by atoms with Gasteiger partial charge in [-0.15, -0.1) is 0 Å². The molecule has 2 aliphatic rings. The quantitative estimate of drug-likeness (QED) is 0.813. The lowest BCUT2D eigenvalue weighted by Crippen LogP contribution is -2.39. The van der Waals surface area contributed by atoms with Crippen LogP contribution in [-0.2, 0) is 9.59 Å². The lowest BCUT2D eigenvalue weighted by molar-refractivity contribution is -0.127. The number of nitrogens with one attached hydrogen (secondary N) is 1. The van der Waals surface area contributed by atoms with Crippen molar-refractivity contribution < 1.29 is 9.59 Å². The molecule has 1 aliphatic carbocycles. The van der Waals surface area contributed by atoms with Crippen LogP contribution in [0.4, 0.5) is 5.69 Å². The van der Waals surface area contributed by atoms with Crippen molar-refractivity contribution in [3.8, 4) is 0 Å². The van der Waals surface area contributed by atoms with Gasteiger partial charge in [0.1, 0.15) is 0 Å². The average Bonchev–Trinajstić information content (AvgIpc) is 2.77. The van der Waals surface area contributed by atoms with Gasteiger partial charge < -0.3 is 10.2 Å². The van der Waals surface area contributed by atoms with Gasteiger partial charge in [-0.05, 0) is 31.0 Å². The highest BCUT2D eigenvalue weighted by Crippen LogP contribution is 2.31. The molecule has 1 aliphatic heterocycles. The zero-order chi connectivity index (χ0) is 17.1. The maximum absolute atomic E-state index is 12.5. The van der Waals surface area contributed by atoms with Crippen molar-refractivity contribution in [1.29, 1.82) is 0 Å². The Morgan fingerprint density at radius 1 is 1.08 bits per heavy atom. The lowest BCUT2D eigenvalue weighted by Gasteiger charge is -2.20. The van der Waals surface area contributed by atoms with Crippen molar-refractivity contribution in [2.24, 2.45) is 5.92 Å². The fraction of sp³-hybridized carbons (Fsp3) is 0.556. The van der Waals surface area contributed by atoms with E-state index in [9.17, 15) is 9.59 Å². The lowest BCUT2D eigenvalue weighted by atomic mass is 10.0. The van der Waals surface area contributed by atoms with E-state index in [-0.39, 0.29) is 30.2 Å². The van der Waals surface area contributed by atoms with Crippen molar-refractivity contribution in [2.75, 3.05) is 11.4 Å². The summed E-state index contributed by atoms with van der Waals surface area (Å²) >= 11 is 12.0. The van der Waals surface area contributed by atoms with Crippen molar-refractivity contribution in [3.63, 3.8) is 0 Å². The summed E-state index contributed by atoms with van der Waals surface area (Å²) < 4.78 is 0. The van der Waals surface area contributed by atoms with Crippen LogP contribution in [0.15, 0.2) is 18.2 Å². The Balaban J connectivity index is 1.63. The van der Waals surface area contributed by atoms with Gasteiger partial charge in [0.25, 0.3) is 0 Å². The molecule has 6 heteroatoms. The predicted molar refractivity (Wildman–Crippen MR) is 96.6 cm³/mol. The minimum atomic E-state index is -0.296. The van der Waals surface area contributed by atoms with Gasteiger partial charge in [-0.25, -0.2) is 0 Å². The third kappa shape index (κ3) is 4.04. The number of anilines is 1. The largest absolute Gasteiger partial charge is 0.353 e. The predicted octanol–water partition coefficient (Wildman–Crippen LogP) is 4.19. The van der Waals surface area contributed by atoms with E-state index in [4.69, 9.17) is 23.2 Å². The minimum absolute atomic E-state index is 0.00203. The summed E-state index contributed by atoms with van der Waals surface area (Å²) in [5, 5.41) is 4.01. The number of rotatable bonds is 3. The molecular formula is C18H22Cl2N2O2. The van der Waals surface area contributed by atoms with Crippen LogP contribution in [0.5, 0.6) is 0 Å². The second kappa shape index (κ2) is 7.75. The Morgan fingerprint density at radius 2 is 1.79 bits per heavy atom. The molecule has 1 N–H and O–H groups in total. The summed E-state index contributed by atoms with van der Waals surface area (Å²) in [6.45, 7) is 0.398. The molecule has 0 spiro atoms. The van der Waals surface area contributed by atoms with Gasteiger partial charge in [0, 0.05) is 24.7 Å².